The maximum atomic E-state index is 4.47. The van der Waals surface area contributed by atoms with Crippen LogP contribution in [0, 0.1) is 6.92 Å². The van der Waals surface area contributed by atoms with Crippen molar-refractivity contribution in [3.63, 3.8) is 0 Å². The van der Waals surface area contributed by atoms with Crippen LogP contribution in [-0.2, 0) is 6.54 Å². The molecule has 3 heterocycles. The number of hydrogen-bond donors (Lipinski definition) is 0. The van der Waals surface area contributed by atoms with Gasteiger partial charge in [-0.25, -0.2) is 9.97 Å². The fourth-order valence-electron chi connectivity index (χ4n) is 2.52. The molecule has 1 aliphatic heterocycles. The highest BCUT2D eigenvalue weighted by Gasteiger charge is 2.23. The average Bonchev–Trinajstić information content (AvgIpc) is 3.02. The Morgan fingerprint density at radius 1 is 1.39 bits per heavy atom. The molecular weight excluding hydrogens is 262 g/mol. The van der Waals surface area contributed by atoms with Gasteiger partial charge in [-0.1, -0.05) is 0 Å². The Morgan fingerprint density at radius 3 is 3.06 bits per heavy atom. The van der Waals surface area contributed by atoms with E-state index in [1.165, 1.54) is 35.0 Å². The second-order valence-corrected chi connectivity index (χ2v) is 6.67. The first-order valence-corrected chi connectivity index (χ1v) is 8.09. The Labute approximate surface area is 116 Å². The zero-order valence-corrected chi connectivity index (χ0v) is 12.1. The molecule has 5 heteroatoms. The topological polar surface area (TPSA) is 29.0 Å². The van der Waals surface area contributed by atoms with Crippen LogP contribution in [0.5, 0.6) is 0 Å². The van der Waals surface area contributed by atoms with Crippen LogP contribution in [0.2, 0.25) is 0 Å². The minimum Gasteiger partial charge on any atom is -0.297 e. The summed E-state index contributed by atoms with van der Waals surface area (Å²) in [5.74, 6) is 0.631. The molecule has 0 spiro atoms. The van der Waals surface area contributed by atoms with E-state index in [1.807, 2.05) is 11.7 Å². The maximum Gasteiger partial charge on any atom is 0.0968 e. The van der Waals surface area contributed by atoms with Crippen molar-refractivity contribution in [2.75, 3.05) is 13.1 Å². The Bertz CT molecular complexity index is 492. The van der Waals surface area contributed by atoms with Crippen LogP contribution in [0.4, 0.5) is 0 Å². The first kappa shape index (κ1) is 12.3. The lowest BCUT2D eigenvalue weighted by atomic mass is 9.99. The molecule has 0 aromatic carbocycles. The third kappa shape index (κ3) is 2.63. The minimum absolute atomic E-state index is 0.631. The van der Waals surface area contributed by atoms with Gasteiger partial charge in [-0.15, -0.1) is 22.7 Å². The molecule has 0 bridgehead atoms. The van der Waals surface area contributed by atoms with E-state index in [2.05, 4.69) is 27.2 Å². The lowest BCUT2D eigenvalue weighted by molar-refractivity contribution is 0.201. The Morgan fingerprint density at radius 2 is 2.33 bits per heavy atom. The molecule has 0 radical (unpaired) electrons. The highest BCUT2D eigenvalue weighted by molar-refractivity contribution is 7.09. The van der Waals surface area contributed by atoms with Crippen molar-refractivity contribution in [1.29, 1.82) is 0 Å². The molecule has 2 aromatic rings. The first-order chi connectivity index (χ1) is 8.83. The van der Waals surface area contributed by atoms with E-state index in [9.17, 15) is 0 Å². The van der Waals surface area contributed by atoms with Gasteiger partial charge in [0, 0.05) is 35.5 Å². The van der Waals surface area contributed by atoms with E-state index in [1.54, 1.807) is 22.7 Å². The lowest BCUT2D eigenvalue weighted by Gasteiger charge is -2.31. The number of aromatic nitrogens is 2. The maximum absolute atomic E-state index is 4.47. The molecule has 0 amide bonds. The van der Waals surface area contributed by atoms with E-state index in [-0.39, 0.29) is 0 Å². The Hall–Kier alpha value is -0.780. The van der Waals surface area contributed by atoms with Crippen LogP contribution in [0.1, 0.15) is 34.3 Å². The summed E-state index contributed by atoms with van der Waals surface area (Å²) in [7, 11) is 0. The number of likely N-dealkylation sites (tertiary alicyclic amines) is 1. The van der Waals surface area contributed by atoms with Gasteiger partial charge in [0.25, 0.3) is 0 Å². The van der Waals surface area contributed by atoms with Crippen LogP contribution in [0.3, 0.4) is 0 Å². The van der Waals surface area contributed by atoms with Crippen LogP contribution >= 0.6 is 22.7 Å². The van der Waals surface area contributed by atoms with Gasteiger partial charge < -0.3 is 0 Å². The molecule has 0 aliphatic carbocycles. The SMILES string of the molecule is Cc1ncsc1CN1CCC[C@H](c2nccs2)C1. The van der Waals surface area contributed by atoms with Crippen LogP contribution in [0.15, 0.2) is 17.1 Å². The largest absolute Gasteiger partial charge is 0.297 e. The lowest BCUT2D eigenvalue weighted by Crippen LogP contribution is -2.33. The third-order valence-electron chi connectivity index (χ3n) is 3.52. The second kappa shape index (κ2) is 5.47. The molecule has 1 fully saturated rings. The first-order valence-electron chi connectivity index (χ1n) is 6.33. The van der Waals surface area contributed by atoms with E-state index in [0.29, 0.717) is 5.92 Å². The highest BCUT2D eigenvalue weighted by atomic mass is 32.1. The fraction of sp³-hybridized carbons (Fsp3) is 0.538. The average molecular weight is 279 g/mol. The van der Waals surface area contributed by atoms with Crippen molar-refractivity contribution < 1.29 is 0 Å². The molecule has 1 atom stereocenters. The monoisotopic (exact) mass is 279 g/mol. The van der Waals surface area contributed by atoms with Gasteiger partial charge in [0.15, 0.2) is 0 Å². The van der Waals surface area contributed by atoms with Crippen molar-refractivity contribution in [2.45, 2.75) is 32.2 Å². The number of nitrogens with zero attached hydrogens (tertiary/aromatic N) is 3. The molecule has 0 saturated carbocycles. The molecule has 18 heavy (non-hydrogen) atoms. The smallest absolute Gasteiger partial charge is 0.0968 e. The molecule has 0 unspecified atom stereocenters. The number of hydrogen-bond acceptors (Lipinski definition) is 5. The third-order valence-corrected chi connectivity index (χ3v) is 5.38. The molecule has 96 valence electrons. The number of thiazole rings is 2. The summed E-state index contributed by atoms with van der Waals surface area (Å²) in [6, 6.07) is 0. The van der Waals surface area contributed by atoms with Crippen LogP contribution in [0.25, 0.3) is 0 Å². The summed E-state index contributed by atoms with van der Waals surface area (Å²) in [6.45, 7) is 5.51. The normalized spacial score (nSPS) is 21.3. The number of aryl methyl sites for hydroxylation is 1. The molecule has 3 rings (SSSR count). The fourth-order valence-corrected chi connectivity index (χ4v) is 4.10. The van der Waals surface area contributed by atoms with E-state index >= 15 is 0 Å². The summed E-state index contributed by atoms with van der Waals surface area (Å²) in [4.78, 5) is 12.8. The summed E-state index contributed by atoms with van der Waals surface area (Å²) in [5, 5.41) is 3.39. The summed E-state index contributed by atoms with van der Waals surface area (Å²) >= 11 is 3.57. The molecule has 1 saturated heterocycles. The van der Waals surface area contributed by atoms with Gasteiger partial charge in [-0.05, 0) is 26.3 Å². The standard InChI is InChI=1S/C13H17N3S2/c1-10-12(18-9-15-10)8-16-5-2-3-11(7-16)13-14-4-6-17-13/h4,6,9,11H,2-3,5,7-8H2,1H3/t11-/m0/s1. The highest BCUT2D eigenvalue weighted by Crippen LogP contribution is 2.29. The molecule has 3 nitrogen and oxygen atoms in total. The summed E-state index contributed by atoms with van der Waals surface area (Å²) in [5.41, 5.74) is 3.14. The quantitative estimate of drug-likeness (QED) is 0.863. The van der Waals surface area contributed by atoms with E-state index < -0.39 is 0 Å². The van der Waals surface area contributed by atoms with Gasteiger partial charge in [-0.2, -0.15) is 0 Å². The van der Waals surface area contributed by atoms with Crippen molar-refractivity contribution >= 4 is 22.7 Å². The van der Waals surface area contributed by atoms with Gasteiger partial charge in [0.05, 0.1) is 16.2 Å². The molecule has 1 aliphatic rings. The van der Waals surface area contributed by atoms with E-state index in [0.717, 1.165) is 13.1 Å². The Balaban J connectivity index is 1.66. The predicted octanol–water partition coefficient (Wildman–Crippen LogP) is 3.29. The minimum atomic E-state index is 0.631. The molecule has 0 N–H and O–H groups in total. The number of piperidine rings is 1. The van der Waals surface area contributed by atoms with Crippen molar-refractivity contribution in [3.05, 3.63) is 32.7 Å². The summed E-state index contributed by atoms with van der Waals surface area (Å²) in [6.07, 6.45) is 4.49. The van der Waals surface area contributed by atoms with Crippen molar-refractivity contribution in [3.8, 4) is 0 Å². The van der Waals surface area contributed by atoms with Crippen molar-refractivity contribution in [1.82, 2.24) is 14.9 Å². The van der Waals surface area contributed by atoms with Crippen LogP contribution in [-0.4, -0.2) is 28.0 Å². The number of rotatable bonds is 3. The van der Waals surface area contributed by atoms with Crippen LogP contribution < -0.4 is 0 Å². The molecular formula is C13H17N3S2. The van der Waals surface area contributed by atoms with Gasteiger partial charge in [0.1, 0.15) is 0 Å². The van der Waals surface area contributed by atoms with E-state index in [4.69, 9.17) is 0 Å². The van der Waals surface area contributed by atoms with Gasteiger partial charge >= 0.3 is 0 Å². The Kier molecular flexibility index (Phi) is 3.72. The predicted molar refractivity (Wildman–Crippen MR) is 76.2 cm³/mol. The molecule has 2 aromatic heterocycles. The zero-order chi connectivity index (χ0) is 12.4. The van der Waals surface area contributed by atoms with Gasteiger partial charge in [-0.3, -0.25) is 4.90 Å². The zero-order valence-electron chi connectivity index (χ0n) is 10.5. The van der Waals surface area contributed by atoms with Crippen molar-refractivity contribution in [2.24, 2.45) is 0 Å². The second-order valence-electron chi connectivity index (χ2n) is 4.81. The summed E-state index contributed by atoms with van der Waals surface area (Å²) < 4.78 is 0. The van der Waals surface area contributed by atoms with Gasteiger partial charge in [0.2, 0.25) is 0 Å².